The predicted octanol–water partition coefficient (Wildman–Crippen LogP) is 3.63. The highest BCUT2D eigenvalue weighted by atomic mass is 35.5. The van der Waals surface area contributed by atoms with Gasteiger partial charge in [0.2, 0.25) is 0 Å². The minimum atomic E-state index is -0.389. The van der Waals surface area contributed by atoms with Crippen molar-refractivity contribution >= 4 is 23.2 Å². The molecule has 1 amide bonds. The Labute approximate surface area is 145 Å². The Bertz CT molecular complexity index is 748. The molecule has 0 saturated heterocycles. The molecule has 0 unspecified atom stereocenters. The Hall–Kier alpha value is -2.60. The van der Waals surface area contributed by atoms with E-state index in [1.165, 1.54) is 28.4 Å². The van der Waals surface area contributed by atoms with Crippen LogP contribution in [0.15, 0.2) is 30.3 Å². The summed E-state index contributed by atoms with van der Waals surface area (Å²) in [6.07, 6.45) is 0. The molecule has 0 fully saturated rings. The summed E-state index contributed by atoms with van der Waals surface area (Å²) in [7, 11) is 5.98. The van der Waals surface area contributed by atoms with Crippen LogP contribution in [0.5, 0.6) is 23.0 Å². The number of carbonyl (C=O) groups is 1. The van der Waals surface area contributed by atoms with E-state index in [2.05, 4.69) is 5.32 Å². The van der Waals surface area contributed by atoms with Gasteiger partial charge in [-0.2, -0.15) is 0 Å². The lowest BCUT2D eigenvalue weighted by Gasteiger charge is -2.15. The molecule has 7 heteroatoms. The molecule has 0 aliphatic heterocycles. The van der Waals surface area contributed by atoms with Crippen molar-refractivity contribution in [2.75, 3.05) is 33.8 Å². The number of methoxy groups -OCH3 is 4. The van der Waals surface area contributed by atoms with Crippen LogP contribution in [0.1, 0.15) is 10.4 Å². The monoisotopic (exact) mass is 351 g/mol. The van der Waals surface area contributed by atoms with Crippen LogP contribution >= 0.6 is 11.6 Å². The number of benzene rings is 2. The van der Waals surface area contributed by atoms with Gasteiger partial charge in [0.25, 0.3) is 5.91 Å². The highest BCUT2D eigenvalue weighted by Gasteiger charge is 2.18. The third-order valence-electron chi connectivity index (χ3n) is 3.37. The zero-order valence-corrected chi connectivity index (χ0v) is 14.6. The first-order valence-corrected chi connectivity index (χ1v) is 7.37. The van der Waals surface area contributed by atoms with Crippen LogP contribution < -0.4 is 24.3 Å². The number of nitrogens with one attached hydrogen (secondary N) is 1. The van der Waals surface area contributed by atoms with E-state index in [0.29, 0.717) is 39.3 Å². The molecule has 128 valence electrons. The van der Waals surface area contributed by atoms with Crippen molar-refractivity contribution in [2.45, 2.75) is 0 Å². The Morgan fingerprint density at radius 1 is 0.917 bits per heavy atom. The molecule has 0 heterocycles. The van der Waals surface area contributed by atoms with Gasteiger partial charge < -0.3 is 24.3 Å². The molecule has 0 bridgehead atoms. The van der Waals surface area contributed by atoms with Crippen molar-refractivity contribution in [1.82, 2.24) is 0 Å². The fraction of sp³-hybridized carbons (Fsp3) is 0.235. The maximum absolute atomic E-state index is 12.6. The van der Waals surface area contributed by atoms with Gasteiger partial charge in [0, 0.05) is 12.1 Å². The third kappa shape index (κ3) is 3.49. The average molecular weight is 352 g/mol. The molecule has 0 saturated carbocycles. The van der Waals surface area contributed by atoms with Gasteiger partial charge in [-0.3, -0.25) is 4.79 Å². The molecule has 2 rings (SSSR count). The Morgan fingerprint density at radius 2 is 1.54 bits per heavy atom. The summed E-state index contributed by atoms with van der Waals surface area (Å²) < 4.78 is 20.9. The van der Waals surface area contributed by atoms with Crippen molar-refractivity contribution in [2.24, 2.45) is 0 Å². The quantitative estimate of drug-likeness (QED) is 0.860. The summed E-state index contributed by atoms with van der Waals surface area (Å²) in [4.78, 5) is 12.6. The third-order valence-corrected chi connectivity index (χ3v) is 3.68. The highest BCUT2D eigenvalue weighted by Crippen LogP contribution is 2.37. The fourth-order valence-electron chi connectivity index (χ4n) is 2.21. The fourth-order valence-corrected chi connectivity index (χ4v) is 2.41. The lowest BCUT2D eigenvalue weighted by Crippen LogP contribution is -2.14. The maximum Gasteiger partial charge on any atom is 0.259 e. The van der Waals surface area contributed by atoms with Crippen molar-refractivity contribution in [3.63, 3.8) is 0 Å². The molecule has 6 nitrogen and oxygen atoms in total. The topological polar surface area (TPSA) is 66.0 Å². The summed E-state index contributed by atoms with van der Waals surface area (Å²) in [6.45, 7) is 0. The second-order valence-electron chi connectivity index (χ2n) is 4.68. The van der Waals surface area contributed by atoms with Gasteiger partial charge in [0.15, 0.2) is 23.0 Å². The van der Waals surface area contributed by atoms with E-state index in [1.807, 2.05) is 0 Å². The molecule has 2 aromatic rings. The first-order chi connectivity index (χ1) is 11.5. The van der Waals surface area contributed by atoms with Gasteiger partial charge >= 0.3 is 0 Å². The van der Waals surface area contributed by atoms with Crippen LogP contribution in [0, 0.1) is 0 Å². The predicted molar refractivity (Wildman–Crippen MR) is 92.1 cm³/mol. The van der Waals surface area contributed by atoms with E-state index < -0.39 is 0 Å². The van der Waals surface area contributed by atoms with Gasteiger partial charge in [-0.1, -0.05) is 17.7 Å². The molecule has 0 radical (unpaired) electrons. The van der Waals surface area contributed by atoms with E-state index >= 15 is 0 Å². The summed E-state index contributed by atoms with van der Waals surface area (Å²) in [6, 6.07) is 8.20. The Morgan fingerprint density at radius 3 is 2.12 bits per heavy atom. The van der Waals surface area contributed by atoms with E-state index in [9.17, 15) is 4.79 Å². The van der Waals surface area contributed by atoms with E-state index in [4.69, 9.17) is 30.5 Å². The number of hydrogen-bond acceptors (Lipinski definition) is 5. The Balaban J connectivity index is 2.37. The number of halogens is 1. The molecule has 0 aliphatic carbocycles. The number of anilines is 1. The van der Waals surface area contributed by atoms with Crippen LogP contribution in [0.4, 0.5) is 5.69 Å². The molecule has 0 atom stereocenters. The Kier molecular flexibility index (Phi) is 5.76. The van der Waals surface area contributed by atoms with Crippen LogP contribution in [0.25, 0.3) is 0 Å². The molecular formula is C17H18ClNO5. The smallest absolute Gasteiger partial charge is 0.259 e. The highest BCUT2D eigenvalue weighted by molar-refractivity contribution is 6.34. The first kappa shape index (κ1) is 17.7. The zero-order chi connectivity index (χ0) is 17.7. The molecule has 0 aromatic heterocycles. The largest absolute Gasteiger partial charge is 0.493 e. The molecule has 0 aliphatic rings. The second kappa shape index (κ2) is 7.79. The number of ether oxygens (including phenoxy) is 4. The van der Waals surface area contributed by atoms with Crippen molar-refractivity contribution in [1.29, 1.82) is 0 Å². The minimum Gasteiger partial charge on any atom is -0.493 e. The number of amides is 1. The lowest BCUT2D eigenvalue weighted by molar-refractivity contribution is 0.102. The first-order valence-electron chi connectivity index (χ1n) is 6.99. The number of para-hydroxylation sites is 1. The summed E-state index contributed by atoms with van der Waals surface area (Å²) in [5, 5.41) is 3.06. The van der Waals surface area contributed by atoms with Gasteiger partial charge in [0.1, 0.15) is 0 Å². The van der Waals surface area contributed by atoms with Gasteiger partial charge in [-0.15, -0.1) is 0 Å². The molecule has 24 heavy (non-hydrogen) atoms. The summed E-state index contributed by atoms with van der Waals surface area (Å²) >= 11 is 6.19. The van der Waals surface area contributed by atoms with Crippen LogP contribution in [-0.4, -0.2) is 34.3 Å². The molecular weight excluding hydrogens is 334 g/mol. The summed E-state index contributed by atoms with van der Waals surface area (Å²) in [5.41, 5.74) is 0.715. The number of carbonyl (C=O) groups excluding carboxylic acids is 1. The minimum absolute atomic E-state index is 0.322. The van der Waals surface area contributed by atoms with E-state index in [0.717, 1.165) is 0 Å². The van der Waals surface area contributed by atoms with Crippen molar-refractivity contribution in [3.05, 3.63) is 40.9 Å². The lowest BCUT2D eigenvalue weighted by atomic mass is 10.1. The normalized spacial score (nSPS) is 10.0. The van der Waals surface area contributed by atoms with E-state index in [-0.39, 0.29) is 5.91 Å². The van der Waals surface area contributed by atoms with Gasteiger partial charge in [-0.25, -0.2) is 0 Å². The molecule has 2 aromatic carbocycles. The SMILES string of the molecule is COc1cc(Cl)c(NC(=O)c2cccc(OC)c2OC)cc1OC. The van der Waals surface area contributed by atoms with Crippen LogP contribution in [-0.2, 0) is 0 Å². The molecule has 1 N–H and O–H groups in total. The zero-order valence-electron chi connectivity index (χ0n) is 13.8. The standard InChI is InChI=1S/C17H18ClNO5/c1-21-13-7-5-6-10(16(13)24-4)17(20)19-12-9-15(23-3)14(22-2)8-11(12)18/h5-9H,1-4H3,(H,19,20). The van der Waals surface area contributed by atoms with Crippen LogP contribution in [0.3, 0.4) is 0 Å². The van der Waals surface area contributed by atoms with Gasteiger partial charge in [-0.05, 0) is 12.1 Å². The van der Waals surface area contributed by atoms with Gasteiger partial charge in [0.05, 0.1) is 44.7 Å². The second-order valence-corrected chi connectivity index (χ2v) is 5.09. The average Bonchev–Trinajstić information content (AvgIpc) is 2.61. The van der Waals surface area contributed by atoms with E-state index in [1.54, 1.807) is 30.3 Å². The maximum atomic E-state index is 12.6. The number of rotatable bonds is 6. The molecule has 0 spiro atoms. The number of hydrogen-bond donors (Lipinski definition) is 1. The summed E-state index contributed by atoms with van der Waals surface area (Å²) in [5.74, 6) is 1.34. The van der Waals surface area contributed by atoms with Crippen molar-refractivity contribution in [3.8, 4) is 23.0 Å². The van der Waals surface area contributed by atoms with Crippen molar-refractivity contribution < 1.29 is 23.7 Å². The van der Waals surface area contributed by atoms with Crippen LogP contribution in [0.2, 0.25) is 5.02 Å².